The van der Waals surface area contributed by atoms with Crippen molar-refractivity contribution >= 4 is 69.6 Å². The van der Waals surface area contributed by atoms with Crippen molar-refractivity contribution in [1.29, 1.82) is 0 Å². The maximum Gasteiger partial charge on any atom is 0.451 e. The van der Waals surface area contributed by atoms with Crippen LogP contribution in [-0.4, -0.2) is 248 Å². The van der Waals surface area contributed by atoms with E-state index in [1.165, 1.54) is 6.07 Å². The van der Waals surface area contributed by atoms with Gasteiger partial charge in [0.15, 0.2) is 0 Å². The number of amides is 3. The summed E-state index contributed by atoms with van der Waals surface area (Å²) in [4.78, 5) is 73.2. The Morgan fingerprint density at radius 2 is 1.07 bits per heavy atom. The van der Waals surface area contributed by atoms with E-state index in [0.29, 0.717) is 19.6 Å². The number of ether oxygens (including phenoxy) is 9. The van der Waals surface area contributed by atoms with Gasteiger partial charge >= 0.3 is 12.4 Å². The lowest BCUT2D eigenvalue weighted by Gasteiger charge is -2.38. The van der Waals surface area contributed by atoms with E-state index < -0.39 is 122 Å². The molecule has 3 aromatic rings. The van der Waals surface area contributed by atoms with E-state index in [0.717, 1.165) is 127 Å². The summed E-state index contributed by atoms with van der Waals surface area (Å²) in [6, 6.07) is 2.59. The lowest BCUT2D eigenvalue weighted by molar-refractivity contribution is -0.393. The Hall–Kier alpha value is -6.37. The van der Waals surface area contributed by atoms with Gasteiger partial charge in [-0.1, -0.05) is 120 Å². The Morgan fingerprint density at radius 1 is 0.570 bits per heavy atom. The number of nitrogens with one attached hydrogen (secondary N) is 6. The van der Waals surface area contributed by atoms with E-state index in [1.807, 2.05) is 0 Å². The highest BCUT2D eigenvalue weighted by Crippen LogP contribution is 2.32. The summed E-state index contributed by atoms with van der Waals surface area (Å²) in [5, 5.41) is 81.4. The topological polar surface area (TPSA) is 425 Å². The first-order valence-corrected chi connectivity index (χ1v) is 36.8. The number of nitro benzene ring substituents is 2. The number of rotatable bonds is 56. The van der Waals surface area contributed by atoms with Gasteiger partial charge in [-0.05, 0) is 25.3 Å². The van der Waals surface area contributed by atoms with Gasteiger partial charge in [0, 0.05) is 57.3 Å². The minimum absolute atomic E-state index is 0.0112. The van der Waals surface area contributed by atoms with Gasteiger partial charge in [-0.25, -0.2) is 19.9 Å². The molecule has 0 saturated carbocycles. The Bertz CT molecular complexity index is 3100. The number of aliphatic hydroxyl groups excluding tert-OH is 4. The zero-order valence-corrected chi connectivity index (χ0v) is 61.4. The number of alkyl halides is 6. The van der Waals surface area contributed by atoms with Crippen molar-refractivity contribution in [3.05, 3.63) is 72.5 Å². The predicted molar refractivity (Wildman–Crippen MR) is 377 cm³/mol. The molecule has 10 N–H and O–H groups in total. The number of hydrogen-bond acceptors (Lipinski definition) is 27. The van der Waals surface area contributed by atoms with E-state index in [-0.39, 0.29) is 148 Å². The zero-order valence-electron chi connectivity index (χ0n) is 59.9. The lowest BCUT2D eigenvalue weighted by Crippen LogP contribution is -2.57. The molecule has 0 bridgehead atoms. The first-order chi connectivity index (χ1) is 51.2. The first-order valence-electron chi connectivity index (χ1n) is 36.0. The number of anilines is 3. The molecule has 2 fully saturated rings. The fourth-order valence-corrected chi connectivity index (χ4v) is 11.5. The number of halogens is 8. The molecule has 2 saturated heterocycles. The Kier molecular flexibility index (Phi) is 43.0. The molecule has 0 aliphatic carbocycles. The third-order valence-corrected chi connectivity index (χ3v) is 17.3. The van der Waals surface area contributed by atoms with Gasteiger partial charge in [0.25, 0.3) is 11.4 Å². The van der Waals surface area contributed by atoms with E-state index in [2.05, 4.69) is 58.8 Å². The molecule has 2 aromatic heterocycles. The minimum Gasteiger partial charge on any atom is -0.388 e. The van der Waals surface area contributed by atoms with Crippen LogP contribution in [0, 0.1) is 20.2 Å². The normalized spacial score (nSPS) is 19.6. The van der Waals surface area contributed by atoms with Crippen molar-refractivity contribution in [2.75, 3.05) is 135 Å². The number of carbonyl (C=O) groups excluding carboxylic acids is 3. The van der Waals surface area contributed by atoms with Gasteiger partial charge in [0.2, 0.25) is 29.4 Å². The minimum atomic E-state index is -4.89. The number of hydrogen-bond donors (Lipinski definition) is 10. The number of benzene rings is 1. The summed E-state index contributed by atoms with van der Waals surface area (Å²) in [5.41, 5.74) is -0.774. The highest BCUT2D eigenvalue weighted by molar-refractivity contribution is 6.29. The van der Waals surface area contributed by atoms with Gasteiger partial charge in [-0.3, -0.25) is 34.6 Å². The molecule has 606 valence electrons. The smallest absolute Gasteiger partial charge is 0.388 e. The van der Waals surface area contributed by atoms with Gasteiger partial charge < -0.3 is 95.0 Å². The third-order valence-electron chi connectivity index (χ3n) is 16.9. The van der Waals surface area contributed by atoms with E-state index in [4.69, 9.17) is 65.8 Å². The molecule has 2 unspecified atom stereocenters. The molecule has 107 heavy (non-hydrogen) atoms. The van der Waals surface area contributed by atoms with Crippen molar-refractivity contribution in [1.82, 2.24) is 35.9 Å². The van der Waals surface area contributed by atoms with Gasteiger partial charge in [0.1, 0.15) is 70.9 Å². The maximum atomic E-state index is 13.4. The number of nitro groups is 2. The Labute approximate surface area is 626 Å². The second-order valence-corrected chi connectivity index (χ2v) is 26.4. The molecular weight excluding hydrogens is 1480 g/mol. The van der Waals surface area contributed by atoms with Crippen LogP contribution < -0.4 is 31.9 Å². The van der Waals surface area contributed by atoms with Gasteiger partial charge in [-0.15, -0.1) is 0 Å². The lowest BCUT2D eigenvalue weighted by atomic mass is 9.98. The molecule has 2 aliphatic rings. The van der Waals surface area contributed by atoms with Crippen LogP contribution in [0.15, 0.2) is 30.3 Å². The van der Waals surface area contributed by atoms with Crippen molar-refractivity contribution in [3.8, 4) is 0 Å². The third kappa shape index (κ3) is 36.8. The van der Waals surface area contributed by atoms with Crippen LogP contribution in [-0.2, 0) is 69.4 Å². The fourth-order valence-electron chi connectivity index (χ4n) is 11.1. The molecule has 0 radical (unpaired) electrons. The molecule has 3 amide bonds. The quantitative estimate of drug-likeness (QED) is 0.00851. The number of aromatic nitrogens is 4. The van der Waals surface area contributed by atoms with Crippen LogP contribution >= 0.6 is 23.2 Å². The molecule has 32 nitrogen and oxygen atoms in total. The number of unbranched alkanes of at least 4 members (excludes halogenated alkanes) is 14. The molecule has 40 heteroatoms. The largest absolute Gasteiger partial charge is 0.451 e. The maximum absolute atomic E-state index is 13.4. The van der Waals surface area contributed by atoms with Crippen molar-refractivity contribution in [2.45, 2.75) is 202 Å². The first kappa shape index (κ1) is 91.2. The molecule has 5 rings (SSSR count). The second kappa shape index (κ2) is 50.4. The Morgan fingerprint density at radius 3 is 1.62 bits per heavy atom. The summed E-state index contributed by atoms with van der Waals surface area (Å²) in [5.74, 6) is -4.68. The van der Waals surface area contributed by atoms with Crippen molar-refractivity contribution in [3.63, 3.8) is 0 Å². The van der Waals surface area contributed by atoms with Crippen LogP contribution in [0.2, 0.25) is 10.3 Å². The van der Waals surface area contributed by atoms with Crippen LogP contribution in [0.1, 0.15) is 141 Å². The van der Waals surface area contributed by atoms with Crippen LogP contribution in [0.5, 0.6) is 0 Å². The summed E-state index contributed by atoms with van der Waals surface area (Å²) >= 11 is 11.5. The SMILES string of the molecule is CCCCCCCCCC(CNC(=O)CCOCC(COCCC(=O)NCCCCCCCCCCCOC[C@H]1OC[C@H](Nc2cc(Cl)nc(C(F)(F)F)n2)[C@@H](O)[C@H]1O)NC(=O)COCCOCCOCCNc1ccc([N+](=O)[O-])cc1[N+](=O)[O-])OC[C@H]1OC[C@H](Nc2cc(Cl)nc(C(F)(F)F)n2)[C@@H](O)[C@H]1O. The second-order valence-electron chi connectivity index (χ2n) is 25.6. The van der Waals surface area contributed by atoms with Crippen LogP contribution in [0.25, 0.3) is 0 Å². The highest BCUT2D eigenvalue weighted by Gasteiger charge is 2.42. The highest BCUT2D eigenvalue weighted by atomic mass is 35.5. The number of aliphatic hydroxyl groups is 4. The Balaban J connectivity index is 0.972. The number of nitrogens with zero attached hydrogens (tertiary/aromatic N) is 6. The summed E-state index contributed by atoms with van der Waals surface area (Å²) in [6.07, 6.45) is -1.92. The van der Waals surface area contributed by atoms with E-state index >= 15 is 0 Å². The van der Waals surface area contributed by atoms with Crippen molar-refractivity contribution in [2.24, 2.45) is 0 Å². The van der Waals surface area contributed by atoms with Crippen molar-refractivity contribution < 1.29 is 114 Å². The van der Waals surface area contributed by atoms with Crippen LogP contribution in [0.3, 0.4) is 0 Å². The standard InChI is InChI=1S/C67H102Cl2F6N12O20/c1-2-3-4-5-9-12-15-18-46(105-42-52-63(94)61(92)49(40-107-52)81-56-35-54(69)83-65(85-56)67(73,74)75)36-78-58(89)22-27-103-38-44(79-59(90)43-104-32-31-100-30-29-99-28-24-76-47-20-19-45(86(95)96)33-50(47)87(97)98)37-102-26-21-57(88)77-23-16-13-10-7-6-8-11-14-17-25-101-41-51-62(93)60(91)48(39-106-51)80-55-34-53(68)82-64(84-55)66(70,71)72/h19-20,33-35,44,46,48-49,51-52,60-63,76,91-94H,2-18,21-32,36-43H2,1H3,(H,77,88)(H,78,89)(H,79,90)(H,80,82,84)(H,81,83,85)/t44?,46?,48-,49-,51+,52+,60+,61+,62-,63-/m0/s1. The molecule has 1 aromatic carbocycles. The van der Waals surface area contributed by atoms with Gasteiger partial charge in [0.05, 0.1) is 126 Å². The van der Waals surface area contributed by atoms with E-state index in [9.17, 15) is 81.4 Å². The summed E-state index contributed by atoms with van der Waals surface area (Å²) < 4.78 is 131. The average molecular weight is 1580 g/mol. The monoisotopic (exact) mass is 1580 g/mol. The fraction of sp³-hybridized carbons (Fsp3) is 0.746. The van der Waals surface area contributed by atoms with E-state index in [1.54, 1.807) is 0 Å². The molecule has 2 aliphatic heterocycles. The molecular formula is C67H102Cl2F6N12O20. The summed E-state index contributed by atoms with van der Waals surface area (Å²) in [6.45, 7) is 2.74. The average Bonchev–Trinajstić information content (AvgIpc) is 0.823. The van der Waals surface area contributed by atoms with Gasteiger partial charge in [-0.2, -0.15) is 26.3 Å². The molecule has 10 atom stereocenters. The molecule has 0 spiro atoms. The zero-order chi connectivity index (χ0) is 78.0. The van der Waals surface area contributed by atoms with Crippen LogP contribution in [0.4, 0.5) is 55.0 Å². The summed E-state index contributed by atoms with van der Waals surface area (Å²) in [7, 11) is 0. The number of non-ortho nitro benzene ring substituents is 1. The molecule has 4 heterocycles. The predicted octanol–water partition coefficient (Wildman–Crippen LogP) is 7.68. The number of carbonyl (C=O) groups is 3.